The molecule has 2 aliphatic rings. The van der Waals surface area contributed by atoms with Crippen LogP contribution in [0.2, 0.25) is 0 Å². The molecule has 2 aromatic carbocycles. The van der Waals surface area contributed by atoms with Crippen molar-refractivity contribution in [3.8, 4) is 22.8 Å². The molecule has 0 amide bonds. The van der Waals surface area contributed by atoms with Gasteiger partial charge in [-0.25, -0.2) is 0 Å². The molecule has 0 spiro atoms. The topological polar surface area (TPSA) is 77.1 Å². The minimum absolute atomic E-state index is 0.0545. The summed E-state index contributed by atoms with van der Waals surface area (Å²) in [4.78, 5) is 18.0. The molecular weight excluding hydrogens is 440 g/mol. The Bertz CT molecular complexity index is 1250. The van der Waals surface area contributed by atoms with Crippen molar-refractivity contribution < 1.29 is 14.6 Å². The Balaban J connectivity index is 1.68. The number of phenols is 2. The monoisotopic (exact) mass is 476 g/mol. The fourth-order valence-corrected chi connectivity index (χ4v) is 5.72. The van der Waals surface area contributed by atoms with Crippen LogP contribution in [0.4, 0.5) is 0 Å². The van der Waals surface area contributed by atoms with Crippen LogP contribution in [-0.4, -0.2) is 45.2 Å². The van der Waals surface area contributed by atoms with Gasteiger partial charge in [-0.2, -0.15) is 0 Å². The van der Waals surface area contributed by atoms with Crippen LogP contribution < -0.4 is 5.43 Å². The summed E-state index contributed by atoms with van der Waals surface area (Å²) in [5.74, 6) is 0.338. The van der Waals surface area contributed by atoms with E-state index >= 15 is 0 Å². The molecule has 5 rings (SSSR count). The number of likely N-dealkylation sites (tertiary alicyclic amines) is 2. The van der Waals surface area contributed by atoms with Crippen molar-refractivity contribution in [2.75, 3.05) is 13.1 Å². The Morgan fingerprint density at radius 2 is 1.46 bits per heavy atom. The first-order valence-electron chi connectivity index (χ1n) is 13.0. The first-order chi connectivity index (χ1) is 16.9. The molecule has 1 aromatic heterocycles. The molecule has 35 heavy (non-hydrogen) atoms. The smallest absolute Gasteiger partial charge is 0.197 e. The molecule has 0 radical (unpaired) electrons. The molecule has 2 aliphatic heterocycles. The van der Waals surface area contributed by atoms with Crippen molar-refractivity contribution in [3.63, 3.8) is 0 Å². The molecule has 186 valence electrons. The van der Waals surface area contributed by atoms with Crippen LogP contribution in [-0.2, 0) is 13.1 Å². The maximum Gasteiger partial charge on any atom is 0.197 e. The maximum atomic E-state index is 13.4. The third-order valence-electron chi connectivity index (χ3n) is 7.98. The molecule has 2 N–H and O–H groups in total. The van der Waals surface area contributed by atoms with E-state index in [1.807, 2.05) is 30.3 Å². The van der Waals surface area contributed by atoms with Crippen molar-refractivity contribution in [2.24, 2.45) is 0 Å². The van der Waals surface area contributed by atoms with Crippen molar-refractivity contribution in [2.45, 2.75) is 77.5 Å². The molecule has 0 unspecified atom stereocenters. The number of fused-ring (bicyclic) bond motifs is 1. The highest BCUT2D eigenvalue weighted by Gasteiger charge is 2.29. The molecular formula is C29H36N2O4. The molecule has 6 heteroatoms. The zero-order chi connectivity index (χ0) is 24.5. The Kier molecular flexibility index (Phi) is 6.85. The summed E-state index contributed by atoms with van der Waals surface area (Å²) in [6.07, 6.45) is 6.80. The van der Waals surface area contributed by atoms with Gasteiger partial charge in [0.25, 0.3) is 0 Å². The lowest BCUT2D eigenvalue weighted by Gasteiger charge is -2.35. The Morgan fingerprint density at radius 3 is 2.06 bits per heavy atom. The number of hydrogen-bond acceptors (Lipinski definition) is 6. The lowest BCUT2D eigenvalue weighted by molar-refractivity contribution is 0.146. The maximum absolute atomic E-state index is 13.4. The first kappa shape index (κ1) is 23.9. The van der Waals surface area contributed by atoms with Crippen molar-refractivity contribution in [1.82, 2.24) is 9.80 Å². The van der Waals surface area contributed by atoms with Gasteiger partial charge in [-0.15, -0.1) is 0 Å². The first-order valence-corrected chi connectivity index (χ1v) is 13.0. The predicted octanol–water partition coefficient (Wildman–Crippen LogP) is 5.62. The summed E-state index contributed by atoms with van der Waals surface area (Å²) >= 11 is 0. The molecule has 3 aromatic rings. The van der Waals surface area contributed by atoms with Gasteiger partial charge in [0.2, 0.25) is 0 Å². The zero-order valence-corrected chi connectivity index (χ0v) is 20.8. The predicted molar refractivity (Wildman–Crippen MR) is 139 cm³/mol. The van der Waals surface area contributed by atoms with Crippen LogP contribution >= 0.6 is 0 Å². The van der Waals surface area contributed by atoms with Gasteiger partial charge in [-0.1, -0.05) is 43.2 Å². The van der Waals surface area contributed by atoms with Crippen molar-refractivity contribution >= 4 is 11.0 Å². The molecule has 2 fully saturated rings. The van der Waals surface area contributed by atoms with E-state index in [9.17, 15) is 15.0 Å². The van der Waals surface area contributed by atoms with E-state index in [1.54, 1.807) is 0 Å². The number of phenolic OH excluding ortho intramolecular Hbond substituents is 2. The highest BCUT2D eigenvalue weighted by atomic mass is 16.3. The largest absolute Gasteiger partial charge is 0.507 e. The van der Waals surface area contributed by atoms with Crippen LogP contribution in [0.15, 0.2) is 45.6 Å². The van der Waals surface area contributed by atoms with Gasteiger partial charge >= 0.3 is 0 Å². The summed E-state index contributed by atoms with van der Waals surface area (Å²) < 4.78 is 6.30. The molecule has 2 saturated heterocycles. The normalized spacial score (nSPS) is 22.0. The van der Waals surface area contributed by atoms with Gasteiger partial charge in [0.1, 0.15) is 22.6 Å². The van der Waals surface area contributed by atoms with Gasteiger partial charge in [-0.05, 0) is 52.6 Å². The second-order valence-electron chi connectivity index (χ2n) is 10.3. The van der Waals surface area contributed by atoms with E-state index in [0.29, 0.717) is 47.6 Å². The quantitative estimate of drug-likeness (QED) is 0.498. The number of benzene rings is 2. The minimum Gasteiger partial charge on any atom is -0.507 e. The Labute approximate surface area is 206 Å². The minimum atomic E-state index is -0.288. The highest BCUT2D eigenvalue weighted by Crippen LogP contribution is 2.42. The number of aromatic hydroxyl groups is 2. The summed E-state index contributed by atoms with van der Waals surface area (Å²) in [7, 11) is 0. The van der Waals surface area contributed by atoms with E-state index < -0.39 is 0 Å². The van der Waals surface area contributed by atoms with E-state index in [2.05, 4.69) is 23.6 Å². The van der Waals surface area contributed by atoms with Gasteiger partial charge in [0, 0.05) is 36.8 Å². The van der Waals surface area contributed by atoms with Crippen molar-refractivity contribution in [3.05, 3.63) is 57.7 Å². The number of hydrogen-bond donors (Lipinski definition) is 2. The fraction of sp³-hybridized carbons (Fsp3) is 0.483. The van der Waals surface area contributed by atoms with Crippen LogP contribution in [0, 0.1) is 0 Å². The third kappa shape index (κ3) is 4.69. The average Bonchev–Trinajstić information content (AvgIpc) is 2.86. The molecule has 0 saturated carbocycles. The lowest BCUT2D eigenvalue weighted by atomic mass is 9.96. The van der Waals surface area contributed by atoms with Crippen LogP contribution in [0.5, 0.6) is 11.5 Å². The van der Waals surface area contributed by atoms with E-state index in [4.69, 9.17) is 4.42 Å². The zero-order valence-electron chi connectivity index (χ0n) is 20.8. The Morgan fingerprint density at radius 1 is 0.857 bits per heavy atom. The molecule has 3 heterocycles. The summed E-state index contributed by atoms with van der Waals surface area (Å²) in [5, 5.41) is 23.1. The number of rotatable bonds is 5. The van der Waals surface area contributed by atoms with E-state index in [1.165, 1.54) is 18.9 Å². The standard InChI is InChI=1S/C29H36N2O4/c1-19-10-6-8-14-30(19)17-22-27(33)23(18-31-15-9-7-11-20(31)2)29-26(28(22)34)24(32)16-25(35-29)21-12-4-3-5-13-21/h3-5,12-13,16,19-20,33-34H,6-11,14-15,17-18H2,1-2H3/t19-,20+/m0/s1. The molecule has 6 nitrogen and oxygen atoms in total. The van der Waals surface area contributed by atoms with Crippen molar-refractivity contribution in [1.29, 1.82) is 0 Å². The van der Waals surface area contributed by atoms with E-state index in [0.717, 1.165) is 44.3 Å². The van der Waals surface area contributed by atoms with Crippen LogP contribution in [0.25, 0.3) is 22.3 Å². The Hall–Kier alpha value is -2.83. The van der Waals surface area contributed by atoms with Crippen LogP contribution in [0.3, 0.4) is 0 Å². The average molecular weight is 477 g/mol. The van der Waals surface area contributed by atoms with Gasteiger partial charge in [0.15, 0.2) is 11.0 Å². The SMILES string of the molecule is C[C@@H]1CCCCN1Cc1c(O)c(CN2CCCC[C@@H]2C)c(O)c2c(=O)cc(-c3ccccc3)oc12. The van der Waals surface area contributed by atoms with Gasteiger partial charge in [0.05, 0.1) is 11.1 Å². The second-order valence-corrected chi connectivity index (χ2v) is 10.3. The summed E-state index contributed by atoms with van der Waals surface area (Å²) in [5.41, 5.74) is 1.82. The number of piperidine rings is 2. The summed E-state index contributed by atoms with van der Waals surface area (Å²) in [6, 6.07) is 11.7. The highest BCUT2D eigenvalue weighted by molar-refractivity contribution is 5.91. The molecule has 2 atom stereocenters. The third-order valence-corrected chi connectivity index (χ3v) is 7.98. The molecule has 0 aliphatic carbocycles. The fourth-order valence-electron chi connectivity index (χ4n) is 5.72. The lowest BCUT2D eigenvalue weighted by Crippen LogP contribution is -2.37. The summed E-state index contributed by atoms with van der Waals surface area (Å²) in [6.45, 7) is 7.14. The number of nitrogens with zero attached hydrogens (tertiary/aromatic N) is 2. The molecule has 0 bridgehead atoms. The van der Waals surface area contributed by atoms with Gasteiger partial charge in [-0.3, -0.25) is 14.6 Å². The van der Waals surface area contributed by atoms with Crippen LogP contribution in [0.1, 0.15) is 63.5 Å². The van der Waals surface area contributed by atoms with E-state index in [-0.39, 0.29) is 22.3 Å². The second kappa shape index (κ2) is 10.0. The van der Waals surface area contributed by atoms with Gasteiger partial charge < -0.3 is 14.6 Å².